The van der Waals surface area contributed by atoms with Crippen molar-refractivity contribution in [1.29, 1.82) is 0 Å². The van der Waals surface area contributed by atoms with Gasteiger partial charge in [0.05, 0.1) is 5.52 Å². The van der Waals surface area contributed by atoms with Crippen LogP contribution in [0, 0.1) is 5.41 Å². The van der Waals surface area contributed by atoms with Crippen molar-refractivity contribution in [2.24, 2.45) is 5.41 Å². The maximum Gasteiger partial charge on any atom is 0.420 e. The summed E-state index contributed by atoms with van der Waals surface area (Å²) in [6.45, 7) is 7.76. The lowest BCUT2D eigenvalue weighted by molar-refractivity contribution is -0.134. The first-order valence-electron chi connectivity index (χ1n) is 9.84. The number of fused-ring (bicyclic) bond motifs is 1. The molecular weight excluding hydrogens is 380 g/mol. The number of nitrogens with zero attached hydrogens (tertiary/aromatic N) is 2. The summed E-state index contributed by atoms with van der Waals surface area (Å²) >= 11 is 6.10. The monoisotopic (exact) mass is 406 g/mol. The zero-order valence-corrected chi connectivity index (χ0v) is 17.3. The lowest BCUT2D eigenvalue weighted by Gasteiger charge is -2.33. The first kappa shape index (κ1) is 19.5. The number of carbonyl (C=O) groups is 1. The number of amides is 1. The highest BCUT2D eigenvalue weighted by atomic mass is 35.5. The Morgan fingerprint density at radius 2 is 1.93 bits per heavy atom. The number of hydrogen-bond acceptors (Lipinski definition) is 5. The van der Waals surface area contributed by atoms with Crippen molar-refractivity contribution in [3.05, 3.63) is 33.8 Å². The quantitative estimate of drug-likeness (QED) is 0.801. The van der Waals surface area contributed by atoms with E-state index in [-0.39, 0.29) is 35.2 Å². The van der Waals surface area contributed by atoms with Crippen molar-refractivity contribution in [3.8, 4) is 0 Å². The molecule has 2 fully saturated rings. The van der Waals surface area contributed by atoms with Crippen LogP contribution in [0.2, 0.25) is 5.02 Å². The minimum Gasteiger partial charge on any atom is -0.408 e. The first-order valence-corrected chi connectivity index (χ1v) is 10.2. The van der Waals surface area contributed by atoms with Gasteiger partial charge in [-0.25, -0.2) is 10.2 Å². The number of carbonyl (C=O) groups excluding carboxylic acids is 1. The molecule has 0 radical (unpaired) electrons. The van der Waals surface area contributed by atoms with E-state index < -0.39 is 0 Å². The minimum absolute atomic E-state index is 0.00764. The smallest absolute Gasteiger partial charge is 0.408 e. The Kier molecular flexibility index (Phi) is 5.02. The highest BCUT2D eigenvalue weighted by Gasteiger charge is 2.38. The molecule has 7 nitrogen and oxygen atoms in total. The third-order valence-electron chi connectivity index (χ3n) is 5.96. The number of piperidine rings is 1. The van der Waals surface area contributed by atoms with Gasteiger partial charge in [-0.3, -0.25) is 14.8 Å². The Bertz CT molecular complexity index is 937. The fraction of sp³-hybridized carbons (Fsp3) is 0.600. The Morgan fingerprint density at radius 3 is 2.57 bits per heavy atom. The second-order valence-corrected chi connectivity index (χ2v) is 9.34. The predicted molar refractivity (Wildman–Crippen MR) is 108 cm³/mol. The van der Waals surface area contributed by atoms with Crippen LogP contribution in [0.25, 0.3) is 11.1 Å². The number of hydrogen-bond donors (Lipinski definition) is 2. The molecule has 2 atom stereocenters. The van der Waals surface area contributed by atoms with E-state index in [1.54, 1.807) is 22.8 Å². The minimum atomic E-state index is -0.364. The zero-order valence-electron chi connectivity index (χ0n) is 16.5. The van der Waals surface area contributed by atoms with Crippen LogP contribution in [-0.4, -0.2) is 40.5 Å². The third-order valence-corrected chi connectivity index (χ3v) is 6.20. The summed E-state index contributed by atoms with van der Waals surface area (Å²) in [5, 5.41) is 0.572. The van der Waals surface area contributed by atoms with Crippen LogP contribution in [0.1, 0.15) is 46.1 Å². The number of oxazole rings is 1. The number of likely N-dealkylation sites (tertiary alicyclic amines) is 1. The molecule has 0 saturated carbocycles. The average Bonchev–Trinajstić information content (AvgIpc) is 3.25. The van der Waals surface area contributed by atoms with E-state index in [2.05, 4.69) is 31.6 Å². The summed E-state index contributed by atoms with van der Waals surface area (Å²) in [5.41, 5.74) is 7.79. The normalized spacial score (nSPS) is 24.2. The number of nitrogens with one attached hydrogen (secondary N) is 2. The van der Waals surface area contributed by atoms with Gasteiger partial charge >= 0.3 is 5.76 Å². The van der Waals surface area contributed by atoms with E-state index >= 15 is 0 Å². The van der Waals surface area contributed by atoms with E-state index in [4.69, 9.17) is 16.0 Å². The lowest BCUT2D eigenvalue weighted by Crippen LogP contribution is -2.49. The van der Waals surface area contributed by atoms with Crippen molar-refractivity contribution >= 4 is 28.6 Å². The van der Waals surface area contributed by atoms with Crippen molar-refractivity contribution in [2.75, 3.05) is 13.1 Å². The maximum absolute atomic E-state index is 12.9. The molecule has 0 aliphatic carbocycles. The molecule has 2 aliphatic rings. The molecule has 1 amide bonds. The Labute approximate surface area is 169 Å². The van der Waals surface area contributed by atoms with Crippen molar-refractivity contribution in [2.45, 2.75) is 58.2 Å². The summed E-state index contributed by atoms with van der Waals surface area (Å²) in [6.07, 6.45) is 2.22. The predicted octanol–water partition coefficient (Wildman–Crippen LogP) is 2.69. The second kappa shape index (κ2) is 7.21. The van der Waals surface area contributed by atoms with Crippen LogP contribution in [0.15, 0.2) is 27.4 Å². The maximum atomic E-state index is 12.9. The van der Waals surface area contributed by atoms with Gasteiger partial charge < -0.3 is 9.32 Å². The van der Waals surface area contributed by atoms with Crippen LogP contribution in [0.3, 0.4) is 0 Å². The van der Waals surface area contributed by atoms with Gasteiger partial charge in [-0.05, 0) is 42.9 Å². The van der Waals surface area contributed by atoms with Gasteiger partial charge in [0.15, 0.2) is 5.58 Å². The number of rotatable bonds is 2. The summed E-state index contributed by atoms with van der Waals surface area (Å²) in [4.78, 5) is 27.2. The summed E-state index contributed by atoms with van der Waals surface area (Å²) < 4.78 is 7.04. The van der Waals surface area contributed by atoms with Gasteiger partial charge in [0.1, 0.15) is 6.04 Å². The van der Waals surface area contributed by atoms with E-state index in [0.717, 1.165) is 24.8 Å². The molecule has 0 bridgehead atoms. The highest BCUT2D eigenvalue weighted by Crippen LogP contribution is 2.29. The van der Waals surface area contributed by atoms with Crippen LogP contribution in [0.5, 0.6) is 0 Å². The molecule has 152 valence electrons. The van der Waals surface area contributed by atoms with Gasteiger partial charge in [-0.2, -0.15) is 0 Å². The van der Waals surface area contributed by atoms with Gasteiger partial charge in [0.2, 0.25) is 5.91 Å². The second-order valence-electron chi connectivity index (χ2n) is 8.90. The molecule has 2 unspecified atom stereocenters. The fourth-order valence-electron chi connectivity index (χ4n) is 4.20. The van der Waals surface area contributed by atoms with E-state index in [9.17, 15) is 9.59 Å². The van der Waals surface area contributed by atoms with E-state index in [1.807, 2.05) is 4.90 Å². The number of halogens is 1. The Hall–Kier alpha value is -1.83. The van der Waals surface area contributed by atoms with Gasteiger partial charge in [0.25, 0.3) is 0 Å². The van der Waals surface area contributed by atoms with Crippen LogP contribution >= 0.6 is 11.6 Å². The molecular formula is C20H27ClN4O3. The first-order chi connectivity index (χ1) is 13.2. The topological polar surface area (TPSA) is 79.5 Å². The number of hydrazine groups is 1. The van der Waals surface area contributed by atoms with Gasteiger partial charge in [-0.1, -0.05) is 32.4 Å². The van der Waals surface area contributed by atoms with Crippen LogP contribution < -0.4 is 16.6 Å². The van der Waals surface area contributed by atoms with E-state index in [0.29, 0.717) is 23.7 Å². The van der Waals surface area contributed by atoms with Gasteiger partial charge in [-0.15, -0.1) is 0 Å². The molecule has 2 N–H and O–H groups in total. The SMILES string of the molecule is CC(C)(C)C1CC(C(=O)N2CCC(n3c(=O)oc4ccc(Cl)cc43)CC2)NN1. The lowest BCUT2D eigenvalue weighted by atomic mass is 9.84. The molecule has 1 aromatic carbocycles. The molecule has 1 aromatic heterocycles. The third kappa shape index (κ3) is 3.58. The standard InChI is InChI=1S/C20H27ClN4O3/c1-20(2,3)17-11-14(22-23-17)18(26)24-8-6-13(7-9-24)25-15-10-12(21)4-5-16(15)28-19(25)27/h4-5,10,13-14,17,22-23H,6-9,11H2,1-3H3. The van der Waals surface area contributed by atoms with Gasteiger partial charge in [0, 0.05) is 30.2 Å². The van der Waals surface area contributed by atoms with Crippen molar-refractivity contribution in [1.82, 2.24) is 20.3 Å². The molecule has 8 heteroatoms. The molecule has 0 spiro atoms. The molecule has 2 aromatic rings. The number of benzene rings is 1. The van der Waals surface area contributed by atoms with Crippen LogP contribution in [-0.2, 0) is 4.79 Å². The molecule has 2 saturated heterocycles. The molecule has 4 rings (SSSR count). The highest BCUT2D eigenvalue weighted by molar-refractivity contribution is 6.31. The fourth-order valence-corrected chi connectivity index (χ4v) is 4.37. The molecule has 2 aliphatic heterocycles. The summed E-state index contributed by atoms with van der Waals surface area (Å²) in [6, 6.07) is 5.27. The van der Waals surface area contributed by atoms with Crippen molar-refractivity contribution < 1.29 is 9.21 Å². The molecule has 3 heterocycles. The summed E-state index contributed by atoms with van der Waals surface area (Å²) in [7, 11) is 0. The van der Waals surface area contributed by atoms with E-state index in [1.165, 1.54) is 0 Å². The average molecular weight is 407 g/mol. The Balaban J connectivity index is 1.43. The Morgan fingerprint density at radius 1 is 1.21 bits per heavy atom. The molecule has 28 heavy (non-hydrogen) atoms. The van der Waals surface area contributed by atoms with Crippen molar-refractivity contribution in [3.63, 3.8) is 0 Å². The number of aromatic nitrogens is 1. The largest absolute Gasteiger partial charge is 0.420 e. The summed E-state index contributed by atoms with van der Waals surface area (Å²) in [5.74, 6) is -0.234. The zero-order chi connectivity index (χ0) is 20.1. The van der Waals surface area contributed by atoms with Crippen LogP contribution in [0.4, 0.5) is 0 Å².